The molecule has 3 nitrogen and oxygen atoms in total. The van der Waals surface area contributed by atoms with E-state index in [4.69, 9.17) is 14.2 Å². The van der Waals surface area contributed by atoms with Gasteiger partial charge in [-0.15, -0.1) is 0 Å². The minimum absolute atomic E-state index is 0.101. The SMILES string of the molecule is COCC(COC)OC(=S)[S-]. The van der Waals surface area contributed by atoms with Crippen molar-refractivity contribution in [2.75, 3.05) is 27.4 Å². The Morgan fingerprint density at radius 1 is 1.36 bits per heavy atom. The summed E-state index contributed by atoms with van der Waals surface area (Å²) in [6.07, 6.45) is -0.185. The summed E-state index contributed by atoms with van der Waals surface area (Å²) in [5.74, 6) is 0. The molecule has 5 heteroatoms. The summed E-state index contributed by atoms with van der Waals surface area (Å²) in [6, 6.07) is 0. The van der Waals surface area contributed by atoms with Crippen LogP contribution in [0, 0.1) is 0 Å². The van der Waals surface area contributed by atoms with Crippen LogP contribution in [0.3, 0.4) is 0 Å². The van der Waals surface area contributed by atoms with Crippen LogP contribution in [0.15, 0.2) is 0 Å². The van der Waals surface area contributed by atoms with Crippen molar-refractivity contribution in [1.29, 1.82) is 0 Å². The Kier molecular flexibility index (Phi) is 6.74. The fraction of sp³-hybridized carbons (Fsp3) is 0.833. The van der Waals surface area contributed by atoms with E-state index in [1.807, 2.05) is 0 Å². The van der Waals surface area contributed by atoms with E-state index in [1.54, 1.807) is 14.2 Å². The van der Waals surface area contributed by atoms with Gasteiger partial charge in [-0.3, -0.25) is 0 Å². The van der Waals surface area contributed by atoms with E-state index in [9.17, 15) is 0 Å². The first-order chi connectivity index (χ1) is 5.20. The molecule has 0 aromatic rings. The fourth-order valence-electron chi connectivity index (χ4n) is 0.624. The van der Waals surface area contributed by atoms with Crippen LogP contribution in [0.4, 0.5) is 0 Å². The Morgan fingerprint density at radius 3 is 2.09 bits per heavy atom. The van der Waals surface area contributed by atoms with Crippen LogP contribution in [-0.4, -0.2) is 37.9 Å². The van der Waals surface area contributed by atoms with Gasteiger partial charge >= 0.3 is 0 Å². The zero-order valence-electron chi connectivity index (χ0n) is 6.53. The first kappa shape index (κ1) is 11.0. The maximum absolute atomic E-state index is 5.03. The Bertz CT molecular complexity index is 112. The molecule has 0 spiro atoms. The molecule has 0 aliphatic rings. The largest absolute Gasteiger partial charge is 0.506 e. The van der Waals surface area contributed by atoms with Gasteiger partial charge < -0.3 is 39.1 Å². The third-order valence-corrected chi connectivity index (χ3v) is 1.16. The molecule has 66 valence electrons. The average Bonchev–Trinajstić information content (AvgIpc) is 1.87. The van der Waals surface area contributed by atoms with E-state index in [0.29, 0.717) is 13.2 Å². The molecule has 0 rings (SSSR count). The highest BCUT2D eigenvalue weighted by molar-refractivity contribution is 7.99. The van der Waals surface area contributed by atoms with Crippen LogP contribution in [0.2, 0.25) is 0 Å². The lowest BCUT2D eigenvalue weighted by Gasteiger charge is -2.19. The Balaban J connectivity index is 3.59. The summed E-state index contributed by atoms with van der Waals surface area (Å²) in [7, 11) is 3.16. The molecule has 0 amide bonds. The summed E-state index contributed by atoms with van der Waals surface area (Å²) in [4.78, 5) is 0. The second kappa shape index (κ2) is 6.72. The predicted molar refractivity (Wildman–Crippen MR) is 48.6 cm³/mol. The number of hydrogen-bond acceptors (Lipinski definition) is 5. The molecule has 0 fully saturated rings. The molecule has 0 atom stereocenters. The lowest BCUT2D eigenvalue weighted by molar-refractivity contribution is 0.0219. The second-order valence-electron chi connectivity index (χ2n) is 1.90. The molecule has 0 aliphatic carbocycles. The zero-order chi connectivity index (χ0) is 8.69. The van der Waals surface area contributed by atoms with Crippen molar-refractivity contribution < 1.29 is 14.2 Å². The van der Waals surface area contributed by atoms with Crippen LogP contribution in [-0.2, 0) is 26.8 Å². The molecular formula is C6H11O3S2-. The normalized spacial score (nSPS) is 10.1. The maximum atomic E-state index is 5.03. The van der Waals surface area contributed by atoms with Crippen molar-refractivity contribution in [1.82, 2.24) is 0 Å². The number of methoxy groups -OCH3 is 2. The van der Waals surface area contributed by atoms with Crippen molar-refractivity contribution in [2.24, 2.45) is 0 Å². The number of thiocarbonyl (C=S) groups is 1. The van der Waals surface area contributed by atoms with Gasteiger partial charge in [0.15, 0.2) is 0 Å². The molecule has 0 saturated carbocycles. The van der Waals surface area contributed by atoms with Gasteiger partial charge in [-0.1, -0.05) is 0 Å². The van der Waals surface area contributed by atoms with Gasteiger partial charge in [-0.05, 0) is 0 Å². The van der Waals surface area contributed by atoms with E-state index in [2.05, 4.69) is 24.8 Å². The van der Waals surface area contributed by atoms with Gasteiger partial charge in [-0.25, -0.2) is 0 Å². The first-order valence-corrected chi connectivity index (χ1v) is 3.87. The molecule has 0 radical (unpaired) electrons. The van der Waals surface area contributed by atoms with Gasteiger partial charge in [-0.2, -0.15) is 0 Å². The fourth-order valence-corrected chi connectivity index (χ4v) is 0.896. The van der Waals surface area contributed by atoms with Crippen molar-refractivity contribution in [2.45, 2.75) is 6.10 Å². The van der Waals surface area contributed by atoms with E-state index in [1.165, 1.54) is 0 Å². The minimum Gasteiger partial charge on any atom is -0.506 e. The highest BCUT2D eigenvalue weighted by atomic mass is 32.1. The third-order valence-electron chi connectivity index (χ3n) is 0.968. The predicted octanol–water partition coefficient (Wildman–Crippen LogP) is 0.496. The summed E-state index contributed by atoms with van der Waals surface area (Å²) >= 11 is 9.16. The van der Waals surface area contributed by atoms with Gasteiger partial charge in [0.1, 0.15) is 6.10 Å². The van der Waals surface area contributed by atoms with Crippen molar-refractivity contribution >= 4 is 29.2 Å². The van der Waals surface area contributed by atoms with Gasteiger partial charge in [0, 0.05) is 18.6 Å². The molecule has 0 aromatic heterocycles. The van der Waals surface area contributed by atoms with Crippen LogP contribution >= 0.6 is 12.2 Å². The van der Waals surface area contributed by atoms with Crippen molar-refractivity contribution in [3.8, 4) is 0 Å². The Morgan fingerprint density at radius 2 is 1.82 bits per heavy atom. The monoisotopic (exact) mass is 195 g/mol. The van der Waals surface area contributed by atoms with Gasteiger partial charge in [0.2, 0.25) is 0 Å². The quantitative estimate of drug-likeness (QED) is 0.470. The summed E-state index contributed by atoms with van der Waals surface area (Å²) in [5, 5.41) is 0. The van der Waals surface area contributed by atoms with Gasteiger partial charge in [0.05, 0.1) is 13.2 Å². The summed E-state index contributed by atoms with van der Waals surface area (Å²) in [6.45, 7) is 0.870. The van der Waals surface area contributed by atoms with Crippen molar-refractivity contribution in [3.63, 3.8) is 0 Å². The smallest absolute Gasteiger partial charge is 0.143 e. The first-order valence-electron chi connectivity index (χ1n) is 3.06. The second-order valence-corrected chi connectivity index (χ2v) is 2.90. The molecule has 0 heterocycles. The third kappa shape index (κ3) is 6.43. The molecule has 0 aliphatic heterocycles. The topological polar surface area (TPSA) is 27.7 Å². The minimum atomic E-state index is -0.185. The highest BCUT2D eigenvalue weighted by Crippen LogP contribution is 1.94. The lowest BCUT2D eigenvalue weighted by Crippen LogP contribution is -2.26. The number of hydrogen-bond donors (Lipinski definition) is 0. The Hall–Kier alpha value is 0.0300. The summed E-state index contributed by atoms with van der Waals surface area (Å²) < 4.78 is 14.8. The molecule has 0 unspecified atom stereocenters. The van der Waals surface area contributed by atoms with E-state index in [-0.39, 0.29) is 10.5 Å². The van der Waals surface area contributed by atoms with E-state index >= 15 is 0 Å². The van der Waals surface area contributed by atoms with E-state index < -0.39 is 0 Å². The standard InChI is InChI=1S/C6H12O3S2/c1-7-3-5(4-8-2)9-6(10)11/h5H,3-4H2,1-2H3,(H,10,11)/p-1. The number of ether oxygens (including phenoxy) is 3. The van der Waals surface area contributed by atoms with E-state index in [0.717, 1.165) is 0 Å². The van der Waals surface area contributed by atoms with Crippen LogP contribution in [0.5, 0.6) is 0 Å². The molecule has 0 saturated heterocycles. The number of rotatable bonds is 5. The Labute approximate surface area is 77.4 Å². The molecule has 11 heavy (non-hydrogen) atoms. The van der Waals surface area contributed by atoms with Crippen molar-refractivity contribution in [3.05, 3.63) is 0 Å². The maximum Gasteiger partial charge on any atom is 0.143 e. The molecule has 0 bridgehead atoms. The van der Waals surface area contributed by atoms with Crippen LogP contribution in [0.1, 0.15) is 0 Å². The molecule has 0 aromatic carbocycles. The van der Waals surface area contributed by atoms with Crippen LogP contribution < -0.4 is 0 Å². The van der Waals surface area contributed by atoms with Crippen LogP contribution in [0.25, 0.3) is 0 Å². The summed E-state index contributed by atoms with van der Waals surface area (Å²) in [5.41, 5.74) is 0. The van der Waals surface area contributed by atoms with Gasteiger partial charge in [0.25, 0.3) is 0 Å². The zero-order valence-corrected chi connectivity index (χ0v) is 8.17. The lowest BCUT2D eigenvalue weighted by atomic mass is 10.4. The highest BCUT2D eigenvalue weighted by Gasteiger charge is 2.06. The molecule has 0 N–H and O–H groups in total. The average molecular weight is 195 g/mol. The molecular weight excluding hydrogens is 184 g/mol.